The van der Waals surface area contributed by atoms with Gasteiger partial charge in [-0.25, -0.2) is 0 Å². The van der Waals surface area contributed by atoms with Crippen molar-refractivity contribution < 1.29 is 0 Å². The van der Waals surface area contributed by atoms with Gasteiger partial charge in [0.25, 0.3) is 0 Å². The molecule has 1 N–H and O–H groups in total. The smallest absolute Gasteiger partial charge is 0.0200 e. The first-order valence-corrected chi connectivity index (χ1v) is 9.00. The van der Waals surface area contributed by atoms with Crippen LogP contribution in [-0.4, -0.2) is 47.6 Å². The maximum atomic E-state index is 3.92. The summed E-state index contributed by atoms with van der Waals surface area (Å²) >= 11 is 2.18. The zero-order valence-corrected chi connectivity index (χ0v) is 12.6. The molecular weight excluding hydrogens is 240 g/mol. The standard InChI is InChI=1S/C15H28N2S/c1-2-14-11-17(7-8-18-14)10-13-9-12-5-3-4-6-15(12)16-13/h12-16H,2-11H2,1H3. The van der Waals surface area contributed by atoms with Gasteiger partial charge in [-0.3, -0.25) is 4.90 Å². The lowest BCUT2D eigenvalue weighted by atomic mass is 9.85. The zero-order chi connectivity index (χ0) is 12.4. The minimum atomic E-state index is 0.790. The Morgan fingerprint density at radius 2 is 2.17 bits per heavy atom. The maximum Gasteiger partial charge on any atom is 0.0200 e. The molecule has 2 saturated heterocycles. The predicted molar refractivity (Wildman–Crippen MR) is 80.3 cm³/mol. The summed E-state index contributed by atoms with van der Waals surface area (Å²) in [5.41, 5.74) is 0. The fourth-order valence-corrected chi connectivity index (χ4v) is 5.33. The van der Waals surface area contributed by atoms with Crippen molar-refractivity contribution in [2.75, 3.05) is 25.4 Å². The van der Waals surface area contributed by atoms with E-state index >= 15 is 0 Å². The molecule has 0 bridgehead atoms. The second-order valence-electron chi connectivity index (χ2n) is 6.41. The molecule has 3 heteroatoms. The van der Waals surface area contributed by atoms with Crippen molar-refractivity contribution in [3.05, 3.63) is 0 Å². The molecular formula is C15H28N2S. The molecule has 1 aliphatic carbocycles. The van der Waals surface area contributed by atoms with E-state index in [9.17, 15) is 0 Å². The van der Waals surface area contributed by atoms with Gasteiger partial charge in [0.1, 0.15) is 0 Å². The van der Waals surface area contributed by atoms with Crippen LogP contribution in [0.2, 0.25) is 0 Å². The molecule has 4 atom stereocenters. The highest BCUT2D eigenvalue weighted by Gasteiger charge is 2.35. The van der Waals surface area contributed by atoms with Gasteiger partial charge >= 0.3 is 0 Å². The van der Waals surface area contributed by atoms with E-state index in [4.69, 9.17) is 0 Å². The minimum absolute atomic E-state index is 0.790. The second kappa shape index (κ2) is 6.15. The summed E-state index contributed by atoms with van der Waals surface area (Å²) in [6.07, 6.45) is 8.65. The van der Waals surface area contributed by atoms with E-state index in [0.29, 0.717) is 0 Å². The molecule has 0 spiro atoms. The molecule has 0 radical (unpaired) electrons. The first-order valence-electron chi connectivity index (χ1n) is 7.95. The largest absolute Gasteiger partial charge is 0.310 e. The van der Waals surface area contributed by atoms with E-state index in [-0.39, 0.29) is 0 Å². The van der Waals surface area contributed by atoms with Crippen molar-refractivity contribution >= 4 is 11.8 Å². The first-order chi connectivity index (χ1) is 8.85. The van der Waals surface area contributed by atoms with Gasteiger partial charge in [-0.05, 0) is 31.6 Å². The van der Waals surface area contributed by atoms with E-state index < -0.39 is 0 Å². The van der Waals surface area contributed by atoms with Gasteiger partial charge in [0.2, 0.25) is 0 Å². The van der Waals surface area contributed by atoms with Gasteiger partial charge in [-0.1, -0.05) is 19.8 Å². The van der Waals surface area contributed by atoms with E-state index in [2.05, 4.69) is 28.9 Å². The third-order valence-corrected chi connectivity index (χ3v) is 6.48. The van der Waals surface area contributed by atoms with Crippen LogP contribution in [0.4, 0.5) is 0 Å². The maximum absolute atomic E-state index is 3.92. The highest BCUT2D eigenvalue weighted by atomic mass is 32.2. The Morgan fingerprint density at radius 3 is 3.00 bits per heavy atom. The third-order valence-electron chi connectivity index (χ3n) is 5.10. The molecule has 4 unspecified atom stereocenters. The molecule has 18 heavy (non-hydrogen) atoms. The third kappa shape index (κ3) is 3.05. The van der Waals surface area contributed by atoms with Crippen LogP contribution in [0.5, 0.6) is 0 Å². The molecule has 0 aromatic heterocycles. The molecule has 0 aromatic rings. The molecule has 0 amide bonds. The van der Waals surface area contributed by atoms with Crippen molar-refractivity contribution in [3.8, 4) is 0 Å². The van der Waals surface area contributed by atoms with Crippen LogP contribution in [0.15, 0.2) is 0 Å². The lowest BCUT2D eigenvalue weighted by Gasteiger charge is -2.33. The van der Waals surface area contributed by atoms with Crippen molar-refractivity contribution in [3.63, 3.8) is 0 Å². The van der Waals surface area contributed by atoms with Gasteiger partial charge in [0, 0.05) is 42.7 Å². The Balaban J connectivity index is 1.48. The van der Waals surface area contributed by atoms with Crippen molar-refractivity contribution in [2.24, 2.45) is 5.92 Å². The Kier molecular flexibility index (Phi) is 4.53. The van der Waals surface area contributed by atoms with Crippen LogP contribution in [0.3, 0.4) is 0 Å². The van der Waals surface area contributed by atoms with Gasteiger partial charge in [-0.2, -0.15) is 11.8 Å². The van der Waals surface area contributed by atoms with Crippen molar-refractivity contribution in [1.82, 2.24) is 10.2 Å². The Bertz CT molecular complexity index is 257. The number of rotatable bonds is 3. The number of hydrogen-bond donors (Lipinski definition) is 1. The minimum Gasteiger partial charge on any atom is -0.310 e. The molecule has 2 aliphatic heterocycles. The monoisotopic (exact) mass is 268 g/mol. The Morgan fingerprint density at radius 1 is 1.28 bits per heavy atom. The van der Waals surface area contributed by atoms with Gasteiger partial charge < -0.3 is 5.32 Å². The summed E-state index contributed by atoms with van der Waals surface area (Å²) in [6.45, 7) is 6.29. The first kappa shape index (κ1) is 13.3. The summed E-state index contributed by atoms with van der Waals surface area (Å²) < 4.78 is 0. The fraction of sp³-hybridized carbons (Fsp3) is 1.00. The van der Waals surface area contributed by atoms with Crippen LogP contribution in [0.25, 0.3) is 0 Å². The van der Waals surface area contributed by atoms with Crippen LogP contribution in [0, 0.1) is 5.92 Å². The zero-order valence-electron chi connectivity index (χ0n) is 11.7. The molecule has 1 saturated carbocycles. The lowest BCUT2D eigenvalue weighted by Crippen LogP contribution is -2.45. The molecule has 0 aromatic carbocycles. The average molecular weight is 268 g/mol. The van der Waals surface area contributed by atoms with E-state index in [1.807, 2.05) is 0 Å². The van der Waals surface area contributed by atoms with Crippen LogP contribution >= 0.6 is 11.8 Å². The number of nitrogens with one attached hydrogen (secondary N) is 1. The molecule has 3 rings (SSSR count). The molecule has 104 valence electrons. The van der Waals surface area contributed by atoms with E-state index in [1.54, 1.807) is 0 Å². The number of nitrogens with zero attached hydrogens (tertiary/aromatic N) is 1. The van der Waals surface area contributed by atoms with Gasteiger partial charge in [0.15, 0.2) is 0 Å². The number of fused-ring (bicyclic) bond motifs is 1. The lowest BCUT2D eigenvalue weighted by molar-refractivity contribution is 0.252. The number of hydrogen-bond acceptors (Lipinski definition) is 3. The van der Waals surface area contributed by atoms with E-state index in [1.165, 1.54) is 63.9 Å². The predicted octanol–water partition coefficient (Wildman–Crippen LogP) is 2.73. The summed E-state index contributed by atoms with van der Waals surface area (Å²) in [6, 6.07) is 1.66. The van der Waals surface area contributed by atoms with Crippen molar-refractivity contribution in [2.45, 2.75) is 62.8 Å². The molecule has 2 heterocycles. The number of thioether (sulfide) groups is 1. The summed E-state index contributed by atoms with van der Waals surface area (Å²) in [7, 11) is 0. The summed E-state index contributed by atoms with van der Waals surface area (Å²) in [5.74, 6) is 2.35. The van der Waals surface area contributed by atoms with Gasteiger partial charge in [0.05, 0.1) is 0 Å². The second-order valence-corrected chi connectivity index (χ2v) is 7.82. The molecule has 2 nitrogen and oxygen atoms in total. The average Bonchev–Trinajstić information content (AvgIpc) is 2.81. The quantitative estimate of drug-likeness (QED) is 0.847. The van der Waals surface area contributed by atoms with E-state index in [0.717, 1.165) is 23.3 Å². The highest BCUT2D eigenvalue weighted by molar-refractivity contribution is 8.00. The fourth-order valence-electron chi connectivity index (χ4n) is 4.08. The molecule has 3 aliphatic rings. The highest BCUT2D eigenvalue weighted by Crippen LogP contribution is 2.33. The normalized spacial score (nSPS) is 41.8. The molecule has 3 fully saturated rings. The summed E-state index contributed by atoms with van der Waals surface area (Å²) in [4.78, 5) is 2.72. The van der Waals surface area contributed by atoms with Crippen molar-refractivity contribution in [1.29, 1.82) is 0 Å². The van der Waals surface area contributed by atoms with Crippen LogP contribution < -0.4 is 5.32 Å². The van der Waals surface area contributed by atoms with Crippen LogP contribution in [-0.2, 0) is 0 Å². The van der Waals surface area contributed by atoms with Gasteiger partial charge in [-0.15, -0.1) is 0 Å². The van der Waals surface area contributed by atoms with Crippen LogP contribution in [0.1, 0.15) is 45.4 Å². The SMILES string of the molecule is CCC1CN(CC2CC3CCCCC3N2)CCS1. The summed E-state index contributed by atoms with van der Waals surface area (Å²) in [5, 5.41) is 4.82. The topological polar surface area (TPSA) is 15.3 Å². The Labute approximate surface area is 116 Å². The Hall–Kier alpha value is 0.270.